The Bertz CT molecular complexity index is 839. The molecule has 0 bridgehead atoms. The van der Waals surface area contributed by atoms with Gasteiger partial charge in [0.05, 0.1) is 10.5 Å². The van der Waals surface area contributed by atoms with Gasteiger partial charge in [-0.05, 0) is 18.1 Å². The van der Waals surface area contributed by atoms with Crippen molar-refractivity contribution in [3.05, 3.63) is 71.1 Å². The molecule has 2 aromatic carbocycles. The summed E-state index contributed by atoms with van der Waals surface area (Å²) in [5.41, 5.74) is 1.81. The molecule has 1 aliphatic heterocycles. The average molecular weight is 313 g/mol. The standard InChI is InChI=1S/C17H15NO3S/c19-17(18-11-10-13-6-2-1-3-7-13)15-12-22(20,21)16-9-5-4-8-14(15)16/h1-9,12H,10-11H2,(H,18,19). The number of rotatable bonds is 4. The predicted molar refractivity (Wildman–Crippen MR) is 84.8 cm³/mol. The van der Waals surface area contributed by atoms with Crippen molar-refractivity contribution in [1.82, 2.24) is 5.32 Å². The number of carbonyl (C=O) groups is 1. The maximum atomic E-state index is 12.2. The van der Waals surface area contributed by atoms with Crippen LogP contribution in [-0.4, -0.2) is 20.9 Å². The highest BCUT2D eigenvalue weighted by atomic mass is 32.2. The highest BCUT2D eigenvalue weighted by molar-refractivity contribution is 7.95. The highest BCUT2D eigenvalue weighted by Gasteiger charge is 2.29. The van der Waals surface area contributed by atoms with Crippen LogP contribution in [0.4, 0.5) is 0 Å². The van der Waals surface area contributed by atoms with Gasteiger partial charge in [-0.15, -0.1) is 0 Å². The molecule has 0 unspecified atom stereocenters. The van der Waals surface area contributed by atoms with E-state index in [9.17, 15) is 13.2 Å². The van der Waals surface area contributed by atoms with Crippen molar-refractivity contribution >= 4 is 21.3 Å². The molecule has 0 atom stereocenters. The second kappa shape index (κ2) is 5.77. The van der Waals surface area contributed by atoms with E-state index in [1.54, 1.807) is 18.2 Å². The van der Waals surface area contributed by atoms with Gasteiger partial charge in [-0.3, -0.25) is 4.79 Å². The Balaban J connectivity index is 1.71. The molecule has 0 fully saturated rings. The van der Waals surface area contributed by atoms with Gasteiger partial charge in [0.2, 0.25) is 9.84 Å². The third kappa shape index (κ3) is 2.80. The molecule has 0 radical (unpaired) electrons. The maximum Gasteiger partial charge on any atom is 0.252 e. The van der Waals surface area contributed by atoms with Crippen LogP contribution in [0.5, 0.6) is 0 Å². The average Bonchev–Trinajstić information content (AvgIpc) is 2.81. The second-order valence-electron chi connectivity index (χ2n) is 5.06. The summed E-state index contributed by atoms with van der Waals surface area (Å²) in [5.74, 6) is -0.357. The molecule has 4 nitrogen and oxygen atoms in total. The van der Waals surface area contributed by atoms with Gasteiger partial charge < -0.3 is 5.32 Å². The summed E-state index contributed by atoms with van der Waals surface area (Å²) in [6.07, 6.45) is 0.703. The Labute approximate surface area is 129 Å². The fourth-order valence-electron chi connectivity index (χ4n) is 2.46. The molecule has 1 N–H and O–H groups in total. The Morgan fingerprint density at radius 1 is 0.955 bits per heavy atom. The van der Waals surface area contributed by atoms with E-state index < -0.39 is 9.84 Å². The summed E-state index contributed by atoms with van der Waals surface area (Å²) in [5, 5.41) is 3.83. The van der Waals surface area contributed by atoms with Crippen LogP contribution in [0.1, 0.15) is 11.1 Å². The van der Waals surface area contributed by atoms with Gasteiger partial charge in [0.1, 0.15) is 0 Å². The fourth-order valence-corrected chi connectivity index (χ4v) is 3.88. The summed E-state index contributed by atoms with van der Waals surface area (Å²) >= 11 is 0. The molecule has 1 amide bonds. The van der Waals surface area contributed by atoms with Crippen molar-refractivity contribution in [3.8, 4) is 0 Å². The number of fused-ring (bicyclic) bond motifs is 1. The zero-order valence-electron chi connectivity index (χ0n) is 11.8. The first-order valence-electron chi connectivity index (χ1n) is 6.96. The maximum absolute atomic E-state index is 12.2. The molecule has 22 heavy (non-hydrogen) atoms. The molecule has 0 saturated carbocycles. The lowest BCUT2D eigenvalue weighted by atomic mass is 10.1. The molecule has 5 heteroatoms. The van der Waals surface area contributed by atoms with E-state index in [4.69, 9.17) is 0 Å². The van der Waals surface area contributed by atoms with Crippen LogP contribution in [0, 0.1) is 0 Å². The van der Waals surface area contributed by atoms with Crippen LogP contribution >= 0.6 is 0 Å². The van der Waals surface area contributed by atoms with E-state index in [-0.39, 0.29) is 16.4 Å². The van der Waals surface area contributed by atoms with Gasteiger partial charge in [0.15, 0.2) is 0 Å². The third-order valence-electron chi connectivity index (χ3n) is 3.54. The van der Waals surface area contributed by atoms with Crippen LogP contribution in [0.15, 0.2) is 64.9 Å². The molecule has 2 aromatic rings. The minimum absolute atomic E-state index is 0.197. The Hall–Kier alpha value is -2.40. The summed E-state index contributed by atoms with van der Waals surface area (Å²) in [6, 6.07) is 16.4. The van der Waals surface area contributed by atoms with Crippen molar-refractivity contribution in [2.24, 2.45) is 0 Å². The smallest absolute Gasteiger partial charge is 0.252 e. The van der Waals surface area contributed by atoms with Crippen molar-refractivity contribution in [2.75, 3.05) is 6.54 Å². The minimum Gasteiger partial charge on any atom is -0.352 e. The number of hydrogen-bond donors (Lipinski definition) is 1. The molecular weight excluding hydrogens is 298 g/mol. The SMILES string of the molecule is O=C(NCCc1ccccc1)C1=CS(=O)(=O)c2ccccc21. The van der Waals surface area contributed by atoms with E-state index in [1.165, 1.54) is 6.07 Å². The van der Waals surface area contributed by atoms with E-state index in [2.05, 4.69) is 5.32 Å². The van der Waals surface area contributed by atoms with Crippen molar-refractivity contribution in [2.45, 2.75) is 11.3 Å². The van der Waals surface area contributed by atoms with Gasteiger partial charge in [-0.25, -0.2) is 8.42 Å². The molecule has 0 aliphatic carbocycles. The number of benzene rings is 2. The van der Waals surface area contributed by atoms with Crippen LogP contribution in [0.3, 0.4) is 0 Å². The van der Waals surface area contributed by atoms with Crippen LogP contribution in [0.25, 0.3) is 5.57 Å². The zero-order chi connectivity index (χ0) is 15.6. The first-order valence-corrected chi connectivity index (χ1v) is 8.51. The first kappa shape index (κ1) is 14.5. The lowest BCUT2D eigenvalue weighted by Gasteiger charge is -2.07. The second-order valence-corrected chi connectivity index (χ2v) is 6.83. The summed E-state index contributed by atoms with van der Waals surface area (Å²) in [7, 11) is -3.50. The van der Waals surface area contributed by atoms with Crippen LogP contribution < -0.4 is 5.32 Å². The number of carbonyl (C=O) groups excluding carboxylic acids is 1. The first-order chi connectivity index (χ1) is 10.6. The van der Waals surface area contributed by atoms with Gasteiger partial charge in [-0.1, -0.05) is 48.5 Å². The summed E-state index contributed by atoms with van der Waals surface area (Å²) < 4.78 is 24.0. The van der Waals surface area contributed by atoms with Crippen LogP contribution in [0.2, 0.25) is 0 Å². The summed E-state index contributed by atoms with van der Waals surface area (Å²) in [4.78, 5) is 12.4. The third-order valence-corrected chi connectivity index (χ3v) is 5.06. The van der Waals surface area contributed by atoms with Crippen molar-refractivity contribution in [3.63, 3.8) is 0 Å². The molecule has 0 aromatic heterocycles. The summed E-state index contributed by atoms with van der Waals surface area (Å²) in [6.45, 7) is 0.461. The normalized spacial score (nSPS) is 15.0. The van der Waals surface area contributed by atoms with E-state index >= 15 is 0 Å². The van der Waals surface area contributed by atoms with Crippen molar-refractivity contribution < 1.29 is 13.2 Å². The topological polar surface area (TPSA) is 63.2 Å². The van der Waals surface area contributed by atoms with E-state index in [0.717, 1.165) is 11.0 Å². The molecule has 0 spiro atoms. The monoisotopic (exact) mass is 313 g/mol. The number of amides is 1. The number of hydrogen-bond acceptors (Lipinski definition) is 3. The molecule has 0 saturated heterocycles. The zero-order valence-corrected chi connectivity index (χ0v) is 12.6. The molecule has 112 valence electrons. The molecular formula is C17H15NO3S. The number of nitrogens with one attached hydrogen (secondary N) is 1. The Morgan fingerprint density at radius 2 is 1.64 bits per heavy atom. The molecule has 1 heterocycles. The van der Waals surface area contributed by atoms with Crippen LogP contribution in [-0.2, 0) is 21.1 Å². The molecule has 1 aliphatic rings. The lowest BCUT2D eigenvalue weighted by molar-refractivity contribution is -0.115. The number of sulfone groups is 1. The van der Waals surface area contributed by atoms with E-state index in [1.807, 2.05) is 30.3 Å². The van der Waals surface area contributed by atoms with Gasteiger partial charge >= 0.3 is 0 Å². The van der Waals surface area contributed by atoms with Crippen molar-refractivity contribution in [1.29, 1.82) is 0 Å². The van der Waals surface area contributed by atoms with E-state index in [0.29, 0.717) is 18.5 Å². The lowest BCUT2D eigenvalue weighted by Crippen LogP contribution is -2.26. The Kier molecular flexibility index (Phi) is 3.81. The fraction of sp³-hybridized carbons (Fsp3) is 0.118. The Morgan fingerprint density at radius 3 is 2.41 bits per heavy atom. The quantitative estimate of drug-likeness (QED) is 0.941. The minimum atomic E-state index is -3.50. The van der Waals surface area contributed by atoms with Gasteiger partial charge in [0.25, 0.3) is 5.91 Å². The molecule has 3 rings (SSSR count). The largest absolute Gasteiger partial charge is 0.352 e. The predicted octanol–water partition coefficient (Wildman–Crippen LogP) is 2.17. The van der Waals surface area contributed by atoms with Gasteiger partial charge in [0, 0.05) is 17.5 Å². The highest BCUT2D eigenvalue weighted by Crippen LogP contribution is 2.32. The van der Waals surface area contributed by atoms with Gasteiger partial charge in [-0.2, -0.15) is 0 Å².